The number of furan rings is 1. The van der Waals surface area contributed by atoms with E-state index in [0.717, 1.165) is 58.9 Å². The molecule has 0 aliphatic heterocycles. The third kappa shape index (κ3) is 3.19. The van der Waals surface area contributed by atoms with Gasteiger partial charge < -0.3 is 4.42 Å². The number of benzene rings is 4. The molecule has 7 aromatic rings. The van der Waals surface area contributed by atoms with Crippen LogP contribution in [0.3, 0.4) is 0 Å². The lowest BCUT2D eigenvalue weighted by Crippen LogP contribution is -1.90. The zero-order valence-electron chi connectivity index (χ0n) is 18.1. The molecule has 0 fully saturated rings. The van der Waals surface area contributed by atoms with Crippen LogP contribution in [0.1, 0.15) is 5.56 Å². The standard InChI is InChI=1S/C29H14ClN3OS/c30-28-27-26(22-13-18(9-11-25(22)35-27)17-5-3-4-16(12-17)15-31)32-29(33-28)19-8-10-24-21(14-19)20-6-1-2-7-23(20)34-24/h1-14H. The Kier molecular flexibility index (Phi) is 4.40. The Hall–Kier alpha value is -4.24. The minimum Gasteiger partial charge on any atom is -0.456 e. The molecule has 6 heteroatoms. The average molecular weight is 488 g/mol. The van der Waals surface area contributed by atoms with Gasteiger partial charge in [0.05, 0.1) is 21.8 Å². The topological polar surface area (TPSA) is 62.7 Å². The first-order valence-electron chi connectivity index (χ1n) is 11.0. The maximum absolute atomic E-state index is 9.28. The number of nitriles is 1. The normalized spacial score (nSPS) is 11.5. The first-order valence-corrected chi connectivity index (χ1v) is 12.2. The molecule has 3 aromatic heterocycles. The highest BCUT2D eigenvalue weighted by Crippen LogP contribution is 2.40. The molecule has 0 bridgehead atoms. The molecular formula is C29H14ClN3OS. The van der Waals surface area contributed by atoms with Gasteiger partial charge in [0.25, 0.3) is 0 Å². The summed E-state index contributed by atoms with van der Waals surface area (Å²) in [5.41, 5.74) is 6.03. The number of hydrogen-bond acceptors (Lipinski definition) is 5. The van der Waals surface area contributed by atoms with E-state index in [1.54, 1.807) is 17.4 Å². The second kappa shape index (κ2) is 7.64. The summed E-state index contributed by atoms with van der Waals surface area (Å²) < 4.78 is 7.92. The van der Waals surface area contributed by atoms with Gasteiger partial charge in [-0.3, -0.25) is 0 Å². The molecule has 0 saturated heterocycles. The van der Waals surface area contributed by atoms with E-state index in [-0.39, 0.29) is 0 Å². The highest BCUT2D eigenvalue weighted by molar-refractivity contribution is 7.26. The Morgan fingerprint density at radius 3 is 2.46 bits per heavy atom. The monoisotopic (exact) mass is 487 g/mol. The van der Waals surface area contributed by atoms with Crippen molar-refractivity contribution >= 4 is 65.2 Å². The van der Waals surface area contributed by atoms with Gasteiger partial charge >= 0.3 is 0 Å². The number of fused-ring (bicyclic) bond motifs is 6. The average Bonchev–Trinajstić information content (AvgIpc) is 3.46. The SMILES string of the molecule is N#Cc1cccc(-c2ccc3sc4c(Cl)nc(-c5ccc6oc7ccccc7c6c5)nc4c3c2)c1. The van der Waals surface area contributed by atoms with Crippen molar-refractivity contribution in [3.63, 3.8) is 0 Å². The molecule has 0 spiro atoms. The number of hydrogen-bond donors (Lipinski definition) is 0. The van der Waals surface area contributed by atoms with Crippen molar-refractivity contribution < 1.29 is 4.42 Å². The van der Waals surface area contributed by atoms with Crippen molar-refractivity contribution in [1.29, 1.82) is 5.26 Å². The molecule has 7 rings (SSSR count). The lowest BCUT2D eigenvalue weighted by Gasteiger charge is -2.04. The maximum Gasteiger partial charge on any atom is 0.161 e. The second-order valence-corrected chi connectivity index (χ2v) is 9.74. The third-order valence-corrected chi connectivity index (χ3v) is 7.78. The summed E-state index contributed by atoms with van der Waals surface area (Å²) in [5, 5.41) is 12.8. The van der Waals surface area contributed by atoms with Crippen LogP contribution in [0.5, 0.6) is 0 Å². The number of aromatic nitrogens is 2. The van der Waals surface area contributed by atoms with E-state index >= 15 is 0 Å². The lowest BCUT2D eigenvalue weighted by atomic mass is 10.0. The summed E-state index contributed by atoms with van der Waals surface area (Å²) in [6.45, 7) is 0. The third-order valence-electron chi connectivity index (χ3n) is 6.23. The molecule has 0 aliphatic carbocycles. The van der Waals surface area contributed by atoms with Gasteiger partial charge in [-0.25, -0.2) is 9.97 Å². The van der Waals surface area contributed by atoms with Crippen LogP contribution in [-0.2, 0) is 0 Å². The lowest BCUT2D eigenvalue weighted by molar-refractivity contribution is 0.669. The summed E-state index contributed by atoms with van der Waals surface area (Å²) >= 11 is 8.26. The van der Waals surface area contributed by atoms with Crippen LogP contribution in [0.25, 0.3) is 64.8 Å². The smallest absolute Gasteiger partial charge is 0.161 e. The van der Waals surface area contributed by atoms with Gasteiger partial charge in [0, 0.05) is 26.4 Å². The van der Waals surface area contributed by atoms with Crippen LogP contribution in [-0.4, -0.2) is 9.97 Å². The summed E-state index contributed by atoms with van der Waals surface area (Å²) in [6.07, 6.45) is 0. The number of nitrogens with zero attached hydrogens (tertiary/aromatic N) is 3. The molecule has 0 saturated carbocycles. The zero-order valence-corrected chi connectivity index (χ0v) is 19.7. The predicted octanol–water partition coefficient (Wildman–Crippen LogP) is 8.60. The largest absolute Gasteiger partial charge is 0.456 e. The fourth-order valence-corrected chi connectivity index (χ4v) is 5.84. The van der Waals surface area contributed by atoms with Crippen molar-refractivity contribution in [2.45, 2.75) is 0 Å². The molecule has 0 amide bonds. The molecule has 164 valence electrons. The number of rotatable bonds is 2. The van der Waals surface area contributed by atoms with E-state index in [2.05, 4.69) is 41.4 Å². The van der Waals surface area contributed by atoms with Crippen molar-refractivity contribution in [2.24, 2.45) is 0 Å². The molecule has 35 heavy (non-hydrogen) atoms. The van der Waals surface area contributed by atoms with Crippen molar-refractivity contribution in [3.05, 3.63) is 95.6 Å². The minimum absolute atomic E-state index is 0.441. The predicted molar refractivity (Wildman–Crippen MR) is 143 cm³/mol. The number of halogens is 1. The Morgan fingerprint density at radius 1 is 0.743 bits per heavy atom. The van der Waals surface area contributed by atoms with Crippen LogP contribution in [0.2, 0.25) is 5.15 Å². The van der Waals surface area contributed by atoms with Crippen LogP contribution >= 0.6 is 22.9 Å². The van der Waals surface area contributed by atoms with E-state index in [0.29, 0.717) is 16.5 Å². The zero-order chi connectivity index (χ0) is 23.5. The molecule has 3 heterocycles. The molecule has 4 nitrogen and oxygen atoms in total. The van der Waals surface area contributed by atoms with Gasteiger partial charge in [-0.15, -0.1) is 11.3 Å². The van der Waals surface area contributed by atoms with Gasteiger partial charge in [-0.1, -0.05) is 48.0 Å². The van der Waals surface area contributed by atoms with E-state index in [9.17, 15) is 5.26 Å². The van der Waals surface area contributed by atoms with Crippen LogP contribution in [0.4, 0.5) is 0 Å². The van der Waals surface area contributed by atoms with Crippen molar-refractivity contribution in [1.82, 2.24) is 9.97 Å². The number of thiophene rings is 1. The molecule has 0 atom stereocenters. The molecular weight excluding hydrogens is 474 g/mol. The Morgan fingerprint density at radius 2 is 1.54 bits per heavy atom. The molecule has 0 aliphatic rings. The van der Waals surface area contributed by atoms with Crippen molar-refractivity contribution in [2.75, 3.05) is 0 Å². The van der Waals surface area contributed by atoms with E-state index < -0.39 is 0 Å². The summed E-state index contributed by atoms with van der Waals surface area (Å²) in [4.78, 5) is 9.61. The molecule has 0 unspecified atom stereocenters. The Bertz CT molecular complexity index is 2000. The van der Waals surface area contributed by atoms with Gasteiger partial charge in [0.1, 0.15) is 11.2 Å². The Labute approximate surface area is 208 Å². The summed E-state index contributed by atoms with van der Waals surface area (Å²) in [7, 11) is 0. The van der Waals surface area contributed by atoms with Gasteiger partial charge in [0.2, 0.25) is 0 Å². The number of para-hydroxylation sites is 1. The van der Waals surface area contributed by atoms with Gasteiger partial charge in [-0.05, 0) is 59.7 Å². The quantitative estimate of drug-likeness (QED) is 0.229. The van der Waals surface area contributed by atoms with Crippen LogP contribution < -0.4 is 0 Å². The van der Waals surface area contributed by atoms with E-state index in [4.69, 9.17) is 21.0 Å². The highest BCUT2D eigenvalue weighted by Gasteiger charge is 2.16. The minimum atomic E-state index is 0.441. The highest BCUT2D eigenvalue weighted by atomic mass is 35.5. The fraction of sp³-hybridized carbons (Fsp3) is 0. The van der Waals surface area contributed by atoms with E-state index in [1.807, 2.05) is 48.5 Å². The fourth-order valence-electron chi connectivity index (χ4n) is 4.55. The molecule has 0 radical (unpaired) electrons. The maximum atomic E-state index is 9.28. The summed E-state index contributed by atoms with van der Waals surface area (Å²) in [6, 6.07) is 30.1. The summed E-state index contributed by atoms with van der Waals surface area (Å²) in [5.74, 6) is 0.575. The first kappa shape index (κ1) is 20.2. The second-order valence-electron chi connectivity index (χ2n) is 8.33. The van der Waals surface area contributed by atoms with Crippen molar-refractivity contribution in [3.8, 4) is 28.6 Å². The van der Waals surface area contributed by atoms with Crippen LogP contribution in [0, 0.1) is 11.3 Å². The molecule has 4 aromatic carbocycles. The Balaban J connectivity index is 1.43. The van der Waals surface area contributed by atoms with Gasteiger partial charge in [-0.2, -0.15) is 5.26 Å². The van der Waals surface area contributed by atoms with E-state index in [1.165, 1.54) is 0 Å². The molecule has 0 N–H and O–H groups in total. The first-order chi connectivity index (χ1) is 17.2. The van der Waals surface area contributed by atoms with Crippen LogP contribution in [0.15, 0.2) is 89.3 Å². The van der Waals surface area contributed by atoms with Gasteiger partial charge in [0.15, 0.2) is 11.0 Å².